The summed E-state index contributed by atoms with van der Waals surface area (Å²) in [5.74, 6) is -0.710. The number of aromatic nitrogens is 2. The van der Waals surface area contributed by atoms with Gasteiger partial charge in [-0.25, -0.2) is 9.97 Å². The van der Waals surface area contributed by atoms with Crippen LogP contribution in [-0.2, 0) is 6.18 Å². The zero-order chi connectivity index (χ0) is 24.5. The standard InChI is InChI=1S/C21H14F3N5O3S2/c1-11-17(16-10-33-19(27-16)26-14-6-3-7-15(9-14)29(31)32)34-20(25-11)28-18(30)12-4-2-5-13(8-12)21(22,23)24/h2-10H,1H3,(H,26,27)(H,25,28,30). The van der Waals surface area contributed by atoms with E-state index in [1.807, 2.05) is 0 Å². The van der Waals surface area contributed by atoms with Crippen molar-refractivity contribution in [3.8, 4) is 10.6 Å². The molecule has 34 heavy (non-hydrogen) atoms. The summed E-state index contributed by atoms with van der Waals surface area (Å²) in [6.45, 7) is 1.72. The number of halogens is 3. The van der Waals surface area contributed by atoms with Crippen LogP contribution in [0.3, 0.4) is 0 Å². The number of benzene rings is 2. The van der Waals surface area contributed by atoms with Crippen molar-refractivity contribution >= 4 is 50.2 Å². The Kier molecular flexibility index (Phi) is 6.30. The lowest BCUT2D eigenvalue weighted by Gasteiger charge is -2.08. The van der Waals surface area contributed by atoms with Crippen molar-refractivity contribution in [2.75, 3.05) is 10.6 Å². The van der Waals surface area contributed by atoms with Crippen LogP contribution in [0, 0.1) is 17.0 Å². The first-order valence-electron chi connectivity index (χ1n) is 9.53. The largest absolute Gasteiger partial charge is 0.416 e. The molecule has 0 aliphatic rings. The quantitative estimate of drug-likeness (QED) is 0.229. The highest BCUT2D eigenvalue weighted by Crippen LogP contribution is 2.36. The molecule has 13 heteroatoms. The van der Waals surface area contributed by atoms with Gasteiger partial charge in [-0.3, -0.25) is 20.2 Å². The minimum atomic E-state index is -4.55. The smallest absolute Gasteiger partial charge is 0.331 e. The molecule has 4 rings (SSSR count). The maximum atomic E-state index is 12.9. The number of rotatable bonds is 6. The number of amides is 1. The van der Waals surface area contributed by atoms with Crippen LogP contribution in [0.5, 0.6) is 0 Å². The van der Waals surface area contributed by atoms with Gasteiger partial charge in [0.15, 0.2) is 10.3 Å². The molecule has 2 N–H and O–H groups in total. The van der Waals surface area contributed by atoms with Crippen molar-refractivity contribution in [1.29, 1.82) is 0 Å². The van der Waals surface area contributed by atoms with Crippen LogP contribution >= 0.6 is 22.7 Å². The summed E-state index contributed by atoms with van der Waals surface area (Å²) in [5, 5.41) is 19.0. The van der Waals surface area contributed by atoms with E-state index >= 15 is 0 Å². The average molecular weight is 506 g/mol. The molecule has 0 radical (unpaired) electrons. The number of nitro benzene ring substituents is 1. The Bertz CT molecular complexity index is 1380. The topological polar surface area (TPSA) is 110 Å². The number of nitrogens with one attached hydrogen (secondary N) is 2. The molecule has 174 valence electrons. The van der Waals surface area contributed by atoms with Crippen molar-refractivity contribution in [3.05, 3.63) is 80.8 Å². The molecule has 0 unspecified atom stereocenters. The molecular formula is C21H14F3N5O3S2. The molecule has 0 aliphatic heterocycles. The van der Waals surface area contributed by atoms with Gasteiger partial charge in [0.1, 0.15) is 0 Å². The summed E-state index contributed by atoms with van der Waals surface area (Å²) in [7, 11) is 0. The van der Waals surface area contributed by atoms with Crippen molar-refractivity contribution in [2.24, 2.45) is 0 Å². The summed E-state index contributed by atoms with van der Waals surface area (Å²) in [6.07, 6.45) is -4.55. The van der Waals surface area contributed by atoms with Gasteiger partial charge in [0.05, 0.1) is 26.8 Å². The van der Waals surface area contributed by atoms with Crippen LogP contribution in [0.1, 0.15) is 21.6 Å². The Hall–Kier alpha value is -3.84. The lowest BCUT2D eigenvalue weighted by molar-refractivity contribution is -0.384. The van der Waals surface area contributed by atoms with Gasteiger partial charge in [0.2, 0.25) is 0 Å². The van der Waals surface area contributed by atoms with Gasteiger partial charge in [0, 0.05) is 28.8 Å². The van der Waals surface area contributed by atoms with Crippen LogP contribution in [0.2, 0.25) is 0 Å². The van der Waals surface area contributed by atoms with Crippen molar-refractivity contribution in [3.63, 3.8) is 0 Å². The lowest BCUT2D eigenvalue weighted by atomic mass is 10.1. The predicted octanol–water partition coefficient (Wildman–Crippen LogP) is 6.50. The number of non-ortho nitro benzene ring substituents is 1. The number of carbonyl (C=O) groups is 1. The summed E-state index contributed by atoms with van der Waals surface area (Å²) in [5.41, 5.74) is 0.555. The van der Waals surface area contributed by atoms with Crippen molar-refractivity contribution in [2.45, 2.75) is 13.1 Å². The third-order valence-corrected chi connectivity index (χ3v) is 6.37. The zero-order valence-corrected chi connectivity index (χ0v) is 18.8. The number of hydrogen-bond donors (Lipinski definition) is 2. The van der Waals surface area contributed by atoms with Crippen LogP contribution in [-0.4, -0.2) is 20.8 Å². The zero-order valence-electron chi connectivity index (χ0n) is 17.2. The first kappa shape index (κ1) is 23.3. The number of nitrogens with zero attached hydrogens (tertiary/aromatic N) is 3. The van der Waals surface area contributed by atoms with Crippen molar-refractivity contribution in [1.82, 2.24) is 9.97 Å². The summed E-state index contributed by atoms with van der Waals surface area (Å²) < 4.78 is 38.7. The van der Waals surface area contributed by atoms with E-state index in [4.69, 9.17) is 0 Å². The average Bonchev–Trinajstić information content (AvgIpc) is 3.39. The third kappa shape index (κ3) is 5.21. The maximum absolute atomic E-state index is 12.9. The van der Waals surface area contributed by atoms with Gasteiger partial charge in [-0.05, 0) is 31.2 Å². The molecule has 1 amide bonds. The molecular weight excluding hydrogens is 491 g/mol. The molecule has 8 nitrogen and oxygen atoms in total. The SMILES string of the molecule is Cc1nc(NC(=O)c2cccc(C(F)(F)F)c2)sc1-c1csc(Nc2cccc([N+](=O)[O-])c2)n1. The second kappa shape index (κ2) is 9.19. The number of thiazole rings is 2. The van der Waals surface area contributed by atoms with E-state index in [0.29, 0.717) is 27.1 Å². The molecule has 4 aromatic rings. The summed E-state index contributed by atoms with van der Waals surface area (Å²) >= 11 is 2.41. The maximum Gasteiger partial charge on any atom is 0.416 e. The number of aryl methyl sites for hydroxylation is 1. The van der Waals surface area contributed by atoms with Crippen molar-refractivity contribution < 1.29 is 22.9 Å². The minimum Gasteiger partial charge on any atom is -0.331 e. The molecule has 0 atom stereocenters. The normalized spacial score (nSPS) is 11.3. The second-order valence-electron chi connectivity index (χ2n) is 6.94. The lowest BCUT2D eigenvalue weighted by Crippen LogP contribution is -2.13. The molecule has 0 fully saturated rings. The molecule has 0 saturated carbocycles. The highest BCUT2D eigenvalue weighted by atomic mass is 32.1. The Labute approximate surface area is 198 Å². The van der Waals surface area contributed by atoms with E-state index < -0.39 is 22.6 Å². The first-order chi connectivity index (χ1) is 16.1. The third-order valence-electron chi connectivity index (χ3n) is 4.51. The molecule has 0 bridgehead atoms. The monoisotopic (exact) mass is 505 g/mol. The van der Waals surface area contributed by atoms with Crippen LogP contribution in [0.25, 0.3) is 10.6 Å². The van der Waals surface area contributed by atoms with Gasteiger partial charge in [-0.1, -0.05) is 23.5 Å². The van der Waals surface area contributed by atoms with E-state index in [1.165, 1.54) is 35.6 Å². The fourth-order valence-corrected chi connectivity index (χ4v) is 4.67. The molecule has 0 aliphatic carbocycles. The predicted molar refractivity (Wildman–Crippen MR) is 124 cm³/mol. The van der Waals surface area contributed by atoms with E-state index in [-0.39, 0.29) is 16.4 Å². The molecule has 0 saturated heterocycles. The Balaban J connectivity index is 1.50. The first-order valence-corrected chi connectivity index (χ1v) is 11.2. The Morgan fingerprint density at radius 3 is 2.59 bits per heavy atom. The number of anilines is 3. The molecule has 2 heterocycles. The molecule has 2 aromatic heterocycles. The number of nitro groups is 1. The Morgan fingerprint density at radius 2 is 1.85 bits per heavy atom. The van der Waals surface area contributed by atoms with E-state index in [1.54, 1.807) is 24.4 Å². The number of carbonyl (C=O) groups excluding carboxylic acids is 1. The van der Waals surface area contributed by atoms with Gasteiger partial charge in [-0.2, -0.15) is 13.2 Å². The van der Waals surface area contributed by atoms with Gasteiger partial charge < -0.3 is 5.32 Å². The number of hydrogen-bond acceptors (Lipinski definition) is 8. The fourth-order valence-electron chi connectivity index (χ4n) is 2.95. The van der Waals surface area contributed by atoms with Crippen LogP contribution in [0.15, 0.2) is 53.9 Å². The highest BCUT2D eigenvalue weighted by Gasteiger charge is 2.31. The second-order valence-corrected chi connectivity index (χ2v) is 8.79. The van der Waals surface area contributed by atoms with Gasteiger partial charge in [0.25, 0.3) is 11.6 Å². The number of alkyl halides is 3. The fraction of sp³-hybridized carbons (Fsp3) is 0.0952. The summed E-state index contributed by atoms with van der Waals surface area (Å²) in [6, 6.07) is 10.1. The molecule has 2 aromatic carbocycles. The van der Waals surface area contributed by atoms with Gasteiger partial charge in [-0.15, -0.1) is 11.3 Å². The molecule has 0 spiro atoms. The minimum absolute atomic E-state index is 0.0544. The van der Waals surface area contributed by atoms with E-state index in [9.17, 15) is 28.1 Å². The van der Waals surface area contributed by atoms with Crippen LogP contribution < -0.4 is 10.6 Å². The summed E-state index contributed by atoms with van der Waals surface area (Å²) in [4.78, 5) is 32.3. The highest BCUT2D eigenvalue weighted by molar-refractivity contribution is 7.20. The van der Waals surface area contributed by atoms with E-state index in [2.05, 4.69) is 20.6 Å². The van der Waals surface area contributed by atoms with E-state index in [0.717, 1.165) is 23.5 Å². The van der Waals surface area contributed by atoms with Gasteiger partial charge >= 0.3 is 6.18 Å². The Morgan fingerprint density at radius 1 is 1.09 bits per heavy atom. The van der Waals surface area contributed by atoms with Crippen LogP contribution in [0.4, 0.5) is 34.8 Å².